The first-order valence-corrected chi connectivity index (χ1v) is 9.97. The van der Waals surface area contributed by atoms with Gasteiger partial charge in [-0.2, -0.15) is 5.26 Å². The second kappa shape index (κ2) is 11.2. The van der Waals surface area contributed by atoms with Crippen molar-refractivity contribution in [3.63, 3.8) is 0 Å². The van der Waals surface area contributed by atoms with Gasteiger partial charge in [0.15, 0.2) is 17.3 Å². The van der Waals surface area contributed by atoms with Crippen molar-refractivity contribution in [3.8, 4) is 29.1 Å². The molecule has 1 amide bonds. The number of carbonyl (C=O) groups excluding carboxylic acids is 1. The van der Waals surface area contributed by atoms with Gasteiger partial charge < -0.3 is 28.8 Å². The molecule has 9 heteroatoms. The van der Waals surface area contributed by atoms with Gasteiger partial charge in [-0.1, -0.05) is 23.4 Å². The van der Waals surface area contributed by atoms with Crippen LogP contribution in [0.4, 0.5) is 5.82 Å². The van der Waals surface area contributed by atoms with Crippen LogP contribution in [-0.4, -0.2) is 38.5 Å². The highest BCUT2D eigenvalue weighted by atomic mass is 16.6. The first-order chi connectivity index (χ1) is 16.0. The number of hydrogen-bond acceptors (Lipinski definition) is 8. The molecule has 1 heterocycles. The van der Waals surface area contributed by atoms with E-state index in [4.69, 9.17) is 23.5 Å². The van der Waals surface area contributed by atoms with Crippen LogP contribution >= 0.6 is 0 Å². The standard InChI is InChI=1S/C24H23N3O6/c1-16-11-22(27-33-16)26-24(28)18(15-25)12-17-13-20(29-2)23(21(14-17)30-3)32-10-9-31-19-7-5-4-6-8-19/h4-8,11-14H,9-10H2,1-3H3,(H,26,27,28). The topological polar surface area (TPSA) is 116 Å². The first kappa shape index (κ1) is 23.2. The zero-order valence-corrected chi connectivity index (χ0v) is 18.5. The van der Waals surface area contributed by atoms with E-state index in [0.29, 0.717) is 35.2 Å². The number of para-hydroxylation sites is 1. The molecule has 1 N–H and O–H groups in total. The lowest BCUT2D eigenvalue weighted by molar-refractivity contribution is -0.112. The van der Waals surface area contributed by atoms with Gasteiger partial charge in [-0.15, -0.1) is 0 Å². The van der Waals surface area contributed by atoms with E-state index in [1.165, 1.54) is 20.3 Å². The zero-order chi connectivity index (χ0) is 23.6. The maximum absolute atomic E-state index is 12.4. The minimum atomic E-state index is -0.623. The molecule has 0 saturated heterocycles. The van der Waals surface area contributed by atoms with Crippen molar-refractivity contribution in [1.82, 2.24) is 5.16 Å². The monoisotopic (exact) mass is 449 g/mol. The Balaban J connectivity index is 1.74. The van der Waals surface area contributed by atoms with Crippen LogP contribution < -0.4 is 24.3 Å². The van der Waals surface area contributed by atoms with E-state index in [9.17, 15) is 10.1 Å². The average molecular weight is 449 g/mol. The number of nitrogens with zero attached hydrogens (tertiary/aromatic N) is 2. The van der Waals surface area contributed by atoms with Crippen LogP contribution in [0.5, 0.6) is 23.0 Å². The molecule has 0 aliphatic heterocycles. The van der Waals surface area contributed by atoms with E-state index in [1.54, 1.807) is 25.1 Å². The summed E-state index contributed by atoms with van der Waals surface area (Å²) >= 11 is 0. The number of anilines is 1. The summed E-state index contributed by atoms with van der Waals surface area (Å²) in [6, 6.07) is 16.1. The lowest BCUT2D eigenvalue weighted by Crippen LogP contribution is -2.13. The Kier molecular flexibility index (Phi) is 7.91. The number of hydrogen-bond donors (Lipinski definition) is 1. The fourth-order valence-electron chi connectivity index (χ4n) is 2.87. The molecule has 1 aromatic heterocycles. The van der Waals surface area contributed by atoms with Crippen molar-refractivity contribution in [2.75, 3.05) is 32.8 Å². The first-order valence-electron chi connectivity index (χ1n) is 9.97. The van der Waals surface area contributed by atoms with Crippen molar-refractivity contribution in [1.29, 1.82) is 5.26 Å². The molecule has 0 atom stereocenters. The van der Waals surface area contributed by atoms with Gasteiger partial charge in [-0.25, -0.2) is 0 Å². The summed E-state index contributed by atoms with van der Waals surface area (Å²) in [4.78, 5) is 12.4. The molecule has 0 aliphatic carbocycles. The predicted molar refractivity (Wildman–Crippen MR) is 120 cm³/mol. The third kappa shape index (κ3) is 6.27. The third-order valence-corrected chi connectivity index (χ3v) is 4.37. The Labute approximate surface area is 191 Å². The van der Waals surface area contributed by atoms with Gasteiger partial charge in [0.2, 0.25) is 5.75 Å². The second-order valence-corrected chi connectivity index (χ2v) is 6.71. The number of aromatic nitrogens is 1. The molecule has 0 fully saturated rings. The molecule has 3 aromatic rings. The molecule has 0 bridgehead atoms. The minimum Gasteiger partial charge on any atom is -0.493 e. The van der Waals surface area contributed by atoms with Crippen molar-refractivity contribution in [2.45, 2.75) is 6.92 Å². The van der Waals surface area contributed by atoms with Gasteiger partial charge >= 0.3 is 0 Å². The summed E-state index contributed by atoms with van der Waals surface area (Å²) in [5.41, 5.74) is 0.379. The number of benzene rings is 2. The minimum absolute atomic E-state index is 0.135. The van der Waals surface area contributed by atoms with Crippen molar-refractivity contribution < 1.29 is 28.3 Å². The number of methoxy groups -OCH3 is 2. The highest BCUT2D eigenvalue weighted by molar-refractivity contribution is 6.09. The molecule has 0 spiro atoms. The summed E-state index contributed by atoms with van der Waals surface area (Å²) in [7, 11) is 2.97. The summed E-state index contributed by atoms with van der Waals surface area (Å²) in [6.45, 7) is 2.26. The quantitative estimate of drug-likeness (QED) is 0.280. The van der Waals surface area contributed by atoms with Crippen molar-refractivity contribution >= 4 is 17.8 Å². The summed E-state index contributed by atoms with van der Waals surface area (Å²) < 4.78 is 27.2. The lowest BCUT2D eigenvalue weighted by Gasteiger charge is -2.16. The van der Waals surface area contributed by atoms with E-state index < -0.39 is 5.91 Å². The smallest absolute Gasteiger partial charge is 0.267 e. The molecule has 33 heavy (non-hydrogen) atoms. The van der Waals surface area contributed by atoms with Crippen LogP contribution in [0.15, 0.2) is 58.6 Å². The largest absolute Gasteiger partial charge is 0.493 e. The Hall–Kier alpha value is -4.45. The number of amides is 1. The molecule has 0 aliphatic rings. The van der Waals surface area contributed by atoms with Crippen LogP contribution in [0.25, 0.3) is 6.08 Å². The van der Waals surface area contributed by atoms with E-state index in [1.807, 2.05) is 36.4 Å². The molecule has 2 aromatic carbocycles. The molecular weight excluding hydrogens is 426 g/mol. The maximum atomic E-state index is 12.4. The molecule has 170 valence electrons. The summed E-state index contributed by atoms with van der Waals surface area (Å²) in [6.07, 6.45) is 1.41. The number of rotatable bonds is 10. The number of aryl methyl sites for hydroxylation is 1. The fraction of sp³-hybridized carbons (Fsp3) is 0.208. The van der Waals surface area contributed by atoms with Crippen LogP contribution in [-0.2, 0) is 4.79 Å². The molecule has 0 radical (unpaired) electrons. The average Bonchev–Trinajstić information content (AvgIpc) is 3.25. The molecule has 3 rings (SSSR count). The van der Waals surface area contributed by atoms with Crippen molar-refractivity contribution in [3.05, 3.63) is 65.4 Å². The molecule has 0 saturated carbocycles. The number of nitrogens with one attached hydrogen (secondary N) is 1. The Morgan fingerprint density at radius 2 is 1.76 bits per heavy atom. The highest BCUT2D eigenvalue weighted by Crippen LogP contribution is 2.39. The van der Waals surface area contributed by atoms with Gasteiger partial charge in [-0.05, 0) is 42.8 Å². The van der Waals surface area contributed by atoms with Crippen LogP contribution in [0, 0.1) is 18.3 Å². The maximum Gasteiger partial charge on any atom is 0.267 e. The third-order valence-electron chi connectivity index (χ3n) is 4.37. The molecular formula is C24H23N3O6. The summed E-state index contributed by atoms with van der Waals surface area (Å²) in [5, 5.41) is 15.7. The van der Waals surface area contributed by atoms with E-state index in [-0.39, 0.29) is 18.0 Å². The Morgan fingerprint density at radius 3 is 2.33 bits per heavy atom. The van der Waals surface area contributed by atoms with E-state index in [0.717, 1.165) is 5.75 Å². The van der Waals surface area contributed by atoms with Gasteiger partial charge in [0.1, 0.15) is 36.4 Å². The lowest BCUT2D eigenvalue weighted by atomic mass is 10.1. The van der Waals surface area contributed by atoms with Crippen molar-refractivity contribution in [2.24, 2.45) is 0 Å². The van der Waals surface area contributed by atoms with E-state index in [2.05, 4.69) is 10.5 Å². The van der Waals surface area contributed by atoms with Gasteiger partial charge in [0, 0.05) is 6.07 Å². The van der Waals surface area contributed by atoms with E-state index >= 15 is 0 Å². The van der Waals surface area contributed by atoms with Crippen LogP contribution in [0.3, 0.4) is 0 Å². The predicted octanol–water partition coefficient (Wildman–Crippen LogP) is 4.00. The molecule has 9 nitrogen and oxygen atoms in total. The van der Waals surface area contributed by atoms with Gasteiger partial charge in [-0.3, -0.25) is 4.79 Å². The SMILES string of the molecule is COc1cc(C=C(C#N)C(=O)Nc2cc(C)on2)cc(OC)c1OCCOc1ccccc1. The fourth-order valence-corrected chi connectivity index (χ4v) is 2.87. The zero-order valence-electron chi connectivity index (χ0n) is 18.5. The molecule has 0 unspecified atom stereocenters. The summed E-state index contributed by atoms with van der Waals surface area (Å²) in [5.74, 6) is 2.01. The number of ether oxygens (including phenoxy) is 4. The number of nitriles is 1. The van der Waals surface area contributed by atoms with Crippen LogP contribution in [0.2, 0.25) is 0 Å². The normalized spacial score (nSPS) is 10.8. The van der Waals surface area contributed by atoms with Gasteiger partial charge in [0.05, 0.1) is 14.2 Å². The second-order valence-electron chi connectivity index (χ2n) is 6.71. The highest BCUT2D eigenvalue weighted by Gasteiger charge is 2.16. The van der Waals surface area contributed by atoms with Crippen LogP contribution in [0.1, 0.15) is 11.3 Å². The Bertz CT molecular complexity index is 1140. The Morgan fingerprint density at radius 1 is 1.09 bits per heavy atom. The number of carbonyl (C=O) groups is 1. The van der Waals surface area contributed by atoms with Gasteiger partial charge in [0.25, 0.3) is 5.91 Å².